The highest BCUT2D eigenvalue weighted by atomic mass is 28.1. The number of H-pyrrole nitrogens is 1. The monoisotopic (exact) mass is 524 g/mol. The zero-order chi connectivity index (χ0) is 26.4. The number of carbonyl (C=O) groups is 1. The highest BCUT2D eigenvalue weighted by Crippen LogP contribution is 2.49. The van der Waals surface area contributed by atoms with Crippen LogP contribution in [0.3, 0.4) is 0 Å². The van der Waals surface area contributed by atoms with Crippen LogP contribution in [-0.2, 0) is 5.54 Å². The molecule has 1 aliphatic carbocycles. The first-order chi connectivity index (χ1) is 18.3. The topological polar surface area (TPSA) is 87.3 Å². The van der Waals surface area contributed by atoms with Gasteiger partial charge in [-0.2, -0.15) is 0 Å². The van der Waals surface area contributed by atoms with E-state index in [1.807, 2.05) is 43.3 Å². The molecule has 1 amide bonds. The SMILES string of the molecule is Cc1ccc(O[C@@H]([SiH3])[C@@H]2CCN2C)cc1C(=O)NC1(c2cc(-c3ccc(=O)[nH]c3)cc3ncccc23)CC1. The lowest BCUT2D eigenvalue weighted by atomic mass is 9.93. The third-order valence-electron chi connectivity index (χ3n) is 8.12. The fraction of sp³-hybridized carbons (Fsp3) is 0.300. The van der Waals surface area contributed by atoms with Gasteiger partial charge in [0.2, 0.25) is 5.56 Å². The summed E-state index contributed by atoms with van der Waals surface area (Å²) in [5, 5.41) is 4.40. The van der Waals surface area contributed by atoms with Crippen molar-refractivity contribution in [3.05, 3.63) is 94.0 Å². The van der Waals surface area contributed by atoms with E-state index >= 15 is 0 Å². The molecule has 1 aliphatic heterocycles. The number of rotatable bonds is 7. The van der Waals surface area contributed by atoms with Crippen molar-refractivity contribution in [1.29, 1.82) is 0 Å². The van der Waals surface area contributed by atoms with Gasteiger partial charge in [0.1, 0.15) is 5.75 Å². The molecule has 2 aliphatic rings. The smallest absolute Gasteiger partial charge is 0.252 e. The molecular weight excluding hydrogens is 492 g/mol. The Balaban J connectivity index is 1.31. The molecule has 7 nitrogen and oxygen atoms in total. The lowest BCUT2D eigenvalue weighted by Crippen LogP contribution is -2.53. The molecule has 2 N–H and O–H groups in total. The van der Waals surface area contributed by atoms with E-state index < -0.39 is 5.54 Å². The van der Waals surface area contributed by atoms with Crippen molar-refractivity contribution >= 4 is 27.1 Å². The van der Waals surface area contributed by atoms with E-state index in [2.05, 4.69) is 39.4 Å². The third kappa shape index (κ3) is 4.54. The molecular formula is C30H32N4O3Si. The van der Waals surface area contributed by atoms with Crippen LogP contribution in [0.15, 0.2) is 71.8 Å². The highest BCUT2D eigenvalue weighted by Gasteiger charge is 2.47. The van der Waals surface area contributed by atoms with Crippen molar-refractivity contribution in [1.82, 2.24) is 20.2 Å². The van der Waals surface area contributed by atoms with Crippen LogP contribution in [0.4, 0.5) is 0 Å². The standard InChI is InChI=1S/C30H32N4O3Si/c1-18-5-7-21(37-29(38)26-9-13-34(26)2)16-23(18)28(36)33-30(10-11-30)24-14-20(19-6-8-27(35)32-17-19)15-25-22(24)4-3-12-31-25/h3-8,12,14-17,26,29H,9-11,13H2,1-2,38H3,(H,32,35)(H,33,36)/t26-,29-/m0/s1. The Labute approximate surface area is 224 Å². The van der Waals surface area contributed by atoms with E-state index in [-0.39, 0.29) is 17.2 Å². The molecule has 3 heterocycles. The number of hydrogen-bond donors (Lipinski definition) is 2. The number of aryl methyl sites for hydroxylation is 1. The van der Waals surface area contributed by atoms with Crippen molar-refractivity contribution < 1.29 is 9.53 Å². The fourth-order valence-electron chi connectivity index (χ4n) is 5.55. The van der Waals surface area contributed by atoms with Gasteiger partial charge < -0.3 is 19.9 Å². The number of aromatic nitrogens is 2. The lowest BCUT2D eigenvalue weighted by molar-refractivity contribution is 0.0562. The molecule has 6 rings (SSSR count). The Bertz CT molecular complexity index is 1580. The summed E-state index contributed by atoms with van der Waals surface area (Å²) in [6.07, 6.45) is 6.36. The van der Waals surface area contributed by atoms with E-state index in [1.54, 1.807) is 12.4 Å². The molecule has 8 heteroatoms. The molecule has 194 valence electrons. The average Bonchev–Trinajstić information content (AvgIpc) is 3.68. The van der Waals surface area contributed by atoms with Gasteiger partial charge in [-0.3, -0.25) is 14.6 Å². The minimum atomic E-state index is -0.464. The van der Waals surface area contributed by atoms with Gasteiger partial charge in [0, 0.05) is 35.5 Å². The quantitative estimate of drug-likeness (QED) is 0.363. The Morgan fingerprint density at radius 2 is 2.03 bits per heavy atom. The van der Waals surface area contributed by atoms with Gasteiger partial charge in [-0.05, 0) is 98.4 Å². The maximum Gasteiger partial charge on any atom is 0.252 e. The van der Waals surface area contributed by atoms with E-state index in [4.69, 9.17) is 4.74 Å². The second-order valence-electron chi connectivity index (χ2n) is 10.7. The number of benzene rings is 2. The van der Waals surface area contributed by atoms with Crippen molar-refractivity contribution in [3.8, 4) is 16.9 Å². The van der Waals surface area contributed by atoms with Gasteiger partial charge >= 0.3 is 0 Å². The zero-order valence-corrected chi connectivity index (χ0v) is 24.0. The molecule has 1 saturated heterocycles. The Morgan fingerprint density at radius 3 is 2.71 bits per heavy atom. The van der Waals surface area contributed by atoms with Crippen molar-refractivity contribution in [3.63, 3.8) is 0 Å². The van der Waals surface area contributed by atoms with E-state index in [1.165, 1.54) is 6.07 Å². The Kier molecular flexibility index (Phi) is 6.16. The number of nitrogens with one attached hydrogen (secondary N) is 2. The van der Waals surface area contributed by atoms with Crippen LogP contribution >= 0.6 is 0 Å². The number of fused-ring (bicyclic) bond motifs is 1. The van der Waals surface area contributed by atoms with Crippen LogP contribution < -0.4 is 15.6 Å². The van der Waals surface area contributed by atoms with Crippen molar-refractivity contribution in [2.75, 3.05) is 13.6 Å². The Morgan fingerprint density at radius 1 is 1.18 bits per heavy atom. The van der Waals surface area contributed by atoms with Crippen LogP contribution in [0.5, 0.6) is 5.75 Å². The minimum absolute atomic E-state index is 0.0948. The van der Waals surface area contributed by atoms with Crippen LogP contribution in [0.25, 0.3) is 22.0 Å². The fourth-order valence-corrected chi connectivity index (χ4v) is 6.66. The second kappa shape index (κ2) is 9.52. The molecule has 2 fully saturated rings. The number of likely N-dealkylation sites (tertiary alicyclic amines) is 1. The van der Waals surface area contributed by atoms with Crippen LogP contribution in [-0.4, -0.2) is 56.4 Å². The zero-order valence-electron chi connectivity index (χ0n) is 22.0. The molecule has 2 atom stereocenters. The predicted octanol–water partition coefficient (Wildman–Crippen LogP) is 3.09. The van der Waals surface area contributed by atoms with Crippen LogP contribution in [0, 0.1) is 6.92 Å². The molecule has 0 spiro atoms. The molecule has 0 bridgehead atoms. The van der Waals surface area contributed by atoms with E-state index in [9.17, 15) is 9.59 Å². The van der Waals surface area contributed by atoms with Gasteiger partial charge in [0.05, 0.1) is 27.0 Å². The summed E-state index contributed by atoms with van der Waals surface area (Å²) in [4.78, 5) is 35.0. The summed E-state index contributed by atoms with van der Waals surface area (Å²) in [6, 6.07) is 17.8. The first-order valence-corrected chi connectivity index (χ1v) is 14.4. The maximum absolute atomic E-state index is 13.7. The lowest BCUT2D eigenvalue weighted by Gasteiger charge is -2.41. The normalized spacial score (nSPS) is 19.1. The summed E-state index contributed by atoms with van der Waals surface area (Å²) in [5.41, 5.74) is 4.91. The number of nitrogens with zero attached hydrogens (tertiary/aromatic N) is 2. The molecule has 0 unspecified atom stereocenters. The molecule has 2 aromatic carbocycles. The van der Waals surface area contributed by atoms with Gasteiger partial charge in [-0.15, -0.1) is 0 Å². The van der Waals surface area contributed by atoms with Gasteiger partial charge in [-0.1, -0.05) is 12.1 Å². The number of pyridine rings is 2. The van der Waals surface area contributed by atoms with E-state index in [0.717, 1.165) is 75.0 Å². The first-order valence-electron chi connectivity index (χ1n) is 13.2. The molecule has 38 heavy (non-hydrogen) atoms. The summed E-state index contributed by atoms with van der Waals surface area (Å²) in [7, 11) is 3.06. The third-order valence-corrected chi connectivity index (χ3v) is 9.12. The van der Waals surface area contributed by atoms with Crippen molar-refractivity contribution in [2.24, 2.45) is 0 Å². The van der Waals surface area contributed by atoms with Crippen LogP contribution in [0.1, 0.15) is 40.7 Å². The Hall–Kier alpha value is -3.75. The number of likely N-dealkylation sites (N-methyl/N-ethyl adjacent to an activating group) is 1. The van der Waals surface area contributed by atoms with Crippen LogP contribution in [0.2, 0.25) is 0 Å². The first kappa shape index (κ1) is 24.6. The largest absolute Gasteiger partial charge is 0.494 e. The maximum atomic E-state index is 13.7. The number of ether oxygens (including phenoxy) is 1. The second-order valence-corrected chi connectivity index (χ2v) is 11.8. The predicted molar refractivity (Wildman–Crippen MR) is 153 cm³/mol. The number of carbonyl (C=O) groups excluding carboxylic acids is 1. The summed E-state index contributed by atoms with van der Waals surface area (Å²) < 4.78 is 6.30. The summed E-state index contributed by atoms with van der Waals surface area (Å²) in [5.74, 6) is 0.656. The number of amides is 1. The average molecular weight is 525 g/mol. The highest BCUT2D eigenvalue weighted by molar-refractivity contribution is 6.11. The minimum Gasteiger partial charge on any atom is -0.494 e. The van der Waals surface area contributed by atoms with Gasteiger partial charge in [0.25, 0.3) is 5.91 Å². The van der Waals surface area contributed by atoms with E-state index in [0.29, 0.717) is 11.6 Å². The van der Waals surface area contributed by atoms with Gasteiger partial charge in [-0.25, -0.2) is 0 Å². The van der Waals surface area contributed by atoms with Gasteiger partial charge in [0.15, 0.2) is 0 Å². The molecule has 2 aromatic heterocycles. The number of aromatic amines is 1. The number of hydrogen-bond acceptors (Lipinski definition) is 5. The molecule has 0 radical (unpaired) electrons. The summed E-state index contributed by atoms with van der Waals surface area (Å²) >= 11 is 0. The molecule has 4 aromatic rings. The molecule has 1 saturated carbocycles. The van der Waals surface area contributed by atoms with Crippen molar-refractivity contribution in [2.45, 2.75) is 43.5 Å². The summed E-state index contributed by atoms with van der Waals surface area (Å²) in [6.45, 7) is 3.08.